The lowest BCUT2D eigenvalue weighted by atomic mass is 10.2. The van der Waals surface area contributed by atoms with Crippen LogP contribution in [0.5, 0.6) is 0 Å². The number of aromatic nitrogens is 1. The topological polar surface area (TPSA) is 84.0 Å². The van der Waals surface area contributed by atoms with Gasteiger partial charge in [0.1, 0.15) is 11.6 Å². The summed E-state index contributed by atoms with van der Waals surface area (Å²) >= 11 is 0. The zero-order valence-corrected chi connectivity index (χ0v) is 8.71. The Bertz CT molecular complexity index is 669. The highest BCUT2D eigenvalue weighted by Crippen LogP contribution is 2.23. The van der Waals surface area contributed by atoms with E-state index in [0.717, 1.165) is 0 Å². The molecule has 0 atom stereocenters. The Hall–Kier alpha value is -1.58. The minimum absolute atomic E-state index is 0.124. The Kier molecular flexibility index (Phi) is 2.14. The van der Waals surface area contributed by atoms with E-state index in [-0.39, 0.29) is 16.7 Å². The van der Waals surface area contributed by atoms with Crippen LogP contribution >= 0.6 is 10.7 Å². The number of para-hydroxylation sites is 1. The van der Waals surface area contributed by atoms with E-state index in [2.05, 4.69) is 4.98 Å². The van der Waals surface area contributed by atoms with E-state index in [9.17, 15) is 8.42 Å². The molecule has 1 aromatic heterocycles. The summed E-state index contributed by atoms with van der Waals surface area (Å²) < 4.78 is 26.8. The fraction of sp³-hybridized carbons (Fsp3) is 0. The van der Waals surface area contributed by atoms with Crippen molar-refractivity contribution in [3.8, 4) is 6.07 Å². The van der Waals surface area contributed by atoms with Gasteiger partial charge in [-0.25, -0.2) is 8.42 Å². The van der Waals surface area contributed by atoms with Gasteiger partial charge in [-0.15, -0.1) is 0 Å². The summed E-state index contributed by atoms with van der Waals surface area (Å²) in [6.45, 7) is 0. The quantitative estimate of drug-likeness (QED) is 0.710. The summed E-state index contributed by atoms with van der Waals surface area (Å²) in [6, 6.07) is 6.47. The van der Waals surface area contributed by atoms with E-state index in [1.807, 2.05) is 6.07 Å². The molecular formula is C8H3ClN2O3S. The maximum Gasteiger partial charge on any atom is 0.332 e. The van der Waals surface area contributed by atoms with Crippen LogP contribution in [0.4, 0.5) is 0 Å². The molecule has 76 valence electrons. The number of fused-ring (bicyclic) bond motifs is 1. The fourth-order valence-electron chi connectivity index (χ4n) is 1.12. The first-order valence-corrected chi connectivity index (χ1v) is 6.07. The molecule has 1 aromatic carbocycles. The third-order valence-electron chi connectivity index (χ3n) is 1.72. The molecule has 0 bridgehead atoms. The van der Waals surface area contributed by atoms with Gasteiger partial charge < -0.3 is 4.42 Å². The van der Waals surface area contributed by atoms with Crippen molar-refractivity contribution in [2.24, 2.45) is 0 Å². The zero-order valence-electron chi connectivity index (χ0n) is 7.14. The molecule has 0 saturated carbocycles. The number of oxazole rings is 1. The van der Waals surface area contributed by atoms with Crippen molar-refractivity contribution in [2.75, 3.05) is 0 Å². The van der Waals surface area contributed by atoms with Crippen molar-refractivity contribution in [3.05, 3.63) is 23.8 Å². The van der Waals surface area contributed by atoms with Crippen molar-refractivity contribution >= 4 is 30.8 Å². The predicted octanol–water partition coefficient (Wildman–Crippen LogP) is 1.63. The molecule has 0 aliphatic carbocycles. The smallest absolute Gasteiger partial charge is 0.332 e. The summed E-state index contributed by atoms with van der Waals surface area (Å²) in [4.78, 5) is 3.65. The van der Waals surface area contributed by atoms with E-state index in [1.165, 1.54) is 12.1 Å². The Morgan fingerprint density at radius 1 is 1.47 bits per heavy atom. The van der Waals surface area contributed by atoms with Crippen LogP contribution in [0, 0.1) is 11.3 Å². The predicted molar refractivity (Wildman–Crippen MR) is 51.8 cm³/mol. The highest BCUT2D eigenvalue weighted by atomic mass is 35.7. The zero-order chi connectivity index (χ0) is 11.1. The number of hydrogen-bond donors (Lipinski definition) is 0. The van der Waals surface area contributed by atoms with Crippen molar-refractivity contribution in [1.82, 2.24) is 4.98 Å². The number of rotatable bonds is 1. The summed E-state index contributed by atoms with van der Waals surface area (Å²) in [5, 5.41) is 8.13. The van der Waals surface area contributed by atoms with E-state index in [1.54, 1.807) is 6.07 Å². The lowest BCUT2D eigenvalue weighted by Crippen LogP contribution is -1.88. The van der Waals surface area contributed by atoms with Crippen LogP contribution in [-0.4, -0.2) is 13.4 Å². The molecule has 0 saturated heterocycles. The fourth-order valence-corrected chi connectivity index (χ4v) is 1.71. The lowest BCUT2D eigenvalue weighted by Gasteiger charge is -1.87. The van der Waals surface area contributed by atoms with Crippen LogP contribution in [0.25, 0.3) is 11.1 Å². The molecule has 0 unspecified atom stereocenters. The first kappa shape index (κ1) is 9.96. The van der Waals surface area contributed by atoms with E-state index >= 15 is 0 Å². The van der Waals surface area contributed by atoms with Gasteiger partial charge in [-0.1, -0.05) is 6.07 Å². The second-order valence-electron chi connectivity index (χ2n) is 2.68. The molecule has 0 aliphatic rings. The van der Waals surface area contributed by atoms with E-state index in [4.69, 9.17) is 20.4 Å². The number of nitrogens with zero attached hydrogens (tertiary/aromatic N) is 2. The average molecular weight is 243 g/mol. The molecule has 0 fully saturated rings. The maximum absolute atomic E-state index is 10.9. The summed E-state index contributed by atoms with van der Waals surface area (Å²) in [5.41, 5.74) is 0.624. The molecule has 2 rings (SSSR count). The molecule has 5 nitrogen and oxygen atoms in total. The molecule has 15 heavy (non-hydrogen) atoms. The second-order valence-corrected chi connectivity index (χ2v) is 5.13. The van der Waals surface area contributed by atoms with Gasteiger partial charge in [0.15, 0.2) is 5.58 Å². The molecule has 0 amide bonds. The van der Waals surface area contributed by atoms with Crippen molar-refractivity contribution in [1.29, 1.82) is 5.26 Å². The van der Waals surface area contributed by atoms with Crippen LogP contribution < -0.4 is 0 Å². The second kappa shape index (κ2) is 3.22. The number of hydrogen-bond acceptors (Lipinski definition) is 5. The highest BCUT2D eigenvalue weighted by Gasteiger charge is 2.19. The standard InChI is InChI=1S/C8H3ClN2O3S/c9-15(12,13)8-11-6-3-1-2-5(4-10)7(6)14-8/h1-3H. The molecule has 0 spiro atoms. The van der Waals surface area contributed by atoms with Crippen LogP contribution in [0.3, 0.4) is 0 Å². The first-order valence-electron chi connectivity index (χ1n) is 3.76. The van der Waals surface area contributed by atoms with Crippen LogP contribution in [0.2, 0.25) is 0 Å². The maximum atomic E-state index is 10.9. The summed E-state index contributed by atoms with van der Waals surface area (Å²) in [7, 11) is 1.05. The minimum atomic E-state index is -4.00. The Morgan fingerprint density at radius 3 is 2.80 bits per heavy atom. The molecular weight excluding hydrogens is 240 g/mol. The van der Waals surface area contributed by atoms with Gasteiger partial charge in [-0.2, -0.15) is 10.2 Å². The van der Waals surface area contributed by atoms with Crippen molar-refractivity contribution in [3.63, 3.8) is 0 Å². The van der Waals surface area contributed by atoms with Crippen LogP contribution in [-0.2, 0) is 9.05 Å². The Labute approximate surface area is 89.3 Å². The van der Waals surface area contributed by atoms with Gasteiger partial charge in [0.25, 0.3) is 0 Å². The van der Waals surface area contributed by atoms with Gasteiger partial charge in [-0.3, -0.25) is 0 Å². The molecule has 7 heteroatoms. The van der Waals surface area contributed by atoms with Crippen LogP contribution in [0.1, 0.15) is 5.56 Å². The number of benzene rings is 1. The molecule has 1 heterocycles. The third kappa shape index (κ3) is 1.67. The molecule has 0 aliphatic heterocycles. The SMILES string of the molecule is N#Cc1cccc2nc(S(=O)(=O)Cl)oc12. The van der Waals surface area contributed by atoms with Crippen LogP contribution in [0.15, 0.2) is 27.8 Å². The van der Waals surface area contributed by atoms with Gasteiger partial charge in [0.2, 0.25) is 0 Å². The third-order valence-corrected chi connectivity index (χ3v) is 2.71. The molecule has 0 N–H and O–H groups in total. The van der Waals surface area contributed by atoms with Crippen molar-refractivity contribution in [2.45, 2.75) is 5.22 Å². The molecule has 2 aromatic rings. The van der Waals surface area contributed by atoms with Crippen molar-refractivity contribution < 1.29 is 12.8 Å². The lowest BCUT2D eigenvalue weighted by molar-refractivity contribution is 0.464. The van der Waals surface area contributed by atoms with Gasteiger partial charge in [0, 0.05) is 10.7 Å². The monoisotopic (exact) mass is 242 g/mol. The van der Waals surface area contributed by atoms with Gasteiger partial charge >= 0.3 is 14.3 Å². The van der Waals surface area contributed by atoms with Gasteiger partial charge in [0.05, 0.1) is 5.56 Å². The average Bonchev–Trinajstić information content (AvgIpc) is 2.59. The summed E-state index contributed by atoms with van der Waals surface area (Å²) in [6.07, 6.45) is 0. The van der Waals surface area contributed by atoms with E-state index < -0.39 is 14.3 Å². The summed E-state index contributed by atoms with van der Waals surface area (Å²) in [5.74, 6) is 0. The Balaban J connectivity index is 2.84. The number of nitriles is 1. The first-order chi connectivity index (χ1) is 7.02. The van der Waals surface area contributed by atoms with Gasteiger partial charge in [-0.05, 0) is 12.1 Å². The minimum Gasteiger partial charge on any atom is -0.426 e. The highest BCUT2D eigenvalue weighted by molar-refractivity contribution is 8.13. The Morgan fingerprint density at radius 2 is 2.20 bits per heavy atom. The number of halogens is 1. The largest absolute Gasteiger partial charge is 0.426 e. The van der Waals surface area contributed by atoms with E-state index in [0.29, 0.717) is 0 Å². The molecule has 0 radical (unpaired) electrons. The normalized spacial score (nSPS) is 11.5.